The van der Waals surface area contributed by atoms with Crippen molar-refractivity contribution in [3.8, 4) is 0 Å². The average Bonchev–Trinajstić information content (AvgIpc) is 3.04. The molecular weight excluding hydrogens is 296 g/mol. The van der Waals surface area contributed by atoms with Gasteiger partial charge in [-0.2, -0.15) is 11.8 Å². The largest absolute Gasteiger partial charge is 0.369 e. The van der Waals surface area contributed by atoms with E-state index in [1.807, 2.05) is 41.5 Å². The van der Waals surface area contributed by atoms with Crippen LogP contribution >= 0.6 is 11.8 Å². The van der Waals surface area contributed by atoms with E-state index >= 15 is 0 Å². The Kier molecular flexibility index (Phi) is 4.17. The number of hydrogen-bond donors (Lipinski definition) is 1. The first kappa shape index (κ1) is 15.4. The van der Waals surface area contributed by atoms with Crippen LogP contribution in [-0.4, -0.2) is 40.8 Å². The number of amides is 2. The highest BCUT2D eigenvalue weighted by molar-refractivity contribution is 7.99. The number of carbonyl (C=O) groups is 2. The van der Waals surface area contributed by atoms with E-state index in [1.165, 1.54) is 11.8 Å². The molecule has 0 unspecified atom stereocenters. The molecular formula is C17H22N2O2S. The van der Waals surface area contributed by atoms with Gasteiger partial charge in [0.15, 0.2) is 0 Å². The molecule has 2 N–H and O–H groups in total. The van der Waals surface area contributed by atoms with Gasteiger partial charge in [-0.1, -0.05) is 30.3 Å². The Morgan fingerprint density at radius 1 is 1.32 bits per heavy atom. The zero-order chi connectivity index (χ0) is 15.7. The third-order valence-electron chi connectivity index (χ3n) is 5.15. The fraction of sp³-hybridized carbons (Fsp3) is 0.529. The second-order valence-electron chi connectivity index (χ2n) is 6.37. The van der Waals surface area contributed by atoms with Gasteiger partial charge in [-0.25, -0.2) is 0 Å². The van der Waals surface area contributed by atoms with Gasteiger partial charge in [0.25, 0.3) is 0 Å². The van der Waals surface area contributed by atoms with E-state index in [0.29, 0.717) is 18.6 Å². The number of primary amides is 1. The maximum absolute atomic E-state index is 12.4. The summed E-state index contributed by atoms with van der Waals surface area (Å²) in [5.74, 6) is 0.370. The van der Waals surface area contributed by atoms with E-state index in [1.54, 1.807) is 0 Å². The predicted octanol–water partition coefficient (Wildman–Crippen LogP) is 1.83. The van der Waals surface area contributed by atoms with Crippen molar-refractivity contribution in [3.63, 3.8) is 0 Å². The van der Waals surface area contributed by atoms with Crippen LogP contribution < -0.4 is 5.73 Å². The summed E-state index contributed by atoms with van der Waals surface area (Å²) in [7, 11) is 0. The number of carbonyl (C=O) groups excluding carboxylic acids is 2. The molecule has 2 heterocycles. The van der Waals surface area contributed by atoms with Crippen molar-refractivity contribution in [3.05, 3.63) is 35.9 Å². The van der Waals surface area contributed by atoms with Crippen molar-refractivity contribution in [1.82, 2.24) is 4.90 Å². The minimum Gasteiger partial charge on any atom is -0.369 e. The summed E-state index contributed by atoms with van der Waals surface area (Å²) in [5, 5.41) is 0. The molecule has 0 aliphatic carbocycles. The Hall–Kier alpha value is -1.49. The summed E-state index contributed by atoms with van der Waals surface area (Å²) < 4.78 is 0. The smallest absolute Gasteiger partial charge is 0.233 e. The minimum absolute atomic E-state index is 0.0325. The molecule has 2 saturated heterocycles. The summed E-state index contributed by atoms with van der Waals surface area (Å²) in [5.41, 5.74) is 6.34. The number of nitrogens with two attached hydrogens (primary N) is 1. The van der Waals surface area contributed by atoms with Gasteiger partial charge in [0.1, 0.15) is 0 Å². The van der Waals surface area contributed by atoms with Gasteiger partial charge in [0, 0.05) is 12.1 Å². The minimum atomic E-state index is -0.599. The van der Waals surface area contributed by atoms with Gasteiger partial charge in [-0.05, 0) is 37.5 Å². The molecule has 1 aromatic rings. The highest BCUT2D eigenvalue weighted by Gasteiger charge is 2.60. The molecule has 0 spiro atoms. The fourth-order valence-electron chi connectivity index (χ4n) is 4.26. The highest BCUT2D eigenvalue weighted by Crippen LogP contribution is 2.51. The molecule has 0 saturated carbocycles. The summed E-state index contributed by atoms with van der Waals surface area (Å²) in [6.07, 6.45) is 5.16. The summed E-state index contributed by atoms with van der Waals surface area (Å²) in [6.45, 7) is 0. The maximum atomic E-state index is 12.4. The van der Waals surface area contributed by atoms with Crippen LogP contribution in [0, 0.1) is 5.41 Å². The number of hydrogen-bond acceptors (Lipinski definition) is 3. The standard InChI is InChI=1S/C17H22N2O2S/c1-22-11-15(20)19-13-7-8-14(19)17(10-13,16(18)21)9-12-5-3-2-4-6-12/h2-6,13-14H,7-11H2,1H3,(H2,18,21)/t13-,14+,17+/m0/s1. The lowest BCUT2D eigenvalue weighted by Crippen LogP contribution is -2.49. The van der Waals surface area contributed by atoms with Crippen LogP contribution in [0.3, 0.4) is 0 Å². The summed E-state index contributed by atoms with van der Waals surface area (Å²) in [4.78, 5) is 26.7. The molecule has 2 aliphatic heterocycles. The SMILES string of the molecule is CSCC(=O)N1[C@H]2CC[C@@H]1[C@](Cc1ccccc1)(C(N)=O)C2. The second kappa shape index (κ2) is 5.95. The van der Waals surface area contributed by atoms with Crippen molar-refractivity contribution in [2.75, 3.05) is 12.0 Å². The lowest BCUT2D eigenvalue weighted by Gasteiger charge is -2.34. The quantitative estimate of drug-likeness (QED) is 0.901. The van der Waals surface area contributed by atoms with Crippen molar-refractivity contribution < 1.29 is 9.59 Å². The number of thioether (sulfide) groups is 1. The molecule has 0 radical (unpaired) electrons. The zero-order valence-corrected chi connectivity index (χ0v) is 13.6. The molecule has 1 aromatic carbocycles. The fourth-order valence-corrected chi connectivity index (χ4v) is 4.66. The summed E-state index contributed by atoms with van der Waals surface area (Å²) in [6, 6.07) is 10.1. The van der Waals surface area contributed by atoms with Crippen LogP contribution in [0.15, 0.2) is 30.3 Å². The number of nitrogens with zero attached hydrogens (tertiary/aromatic N) is 1. The third-order valence-corrected chi connectivity index (χ3v) is 5.68. The topological polar surface area (TPSA) is 63.4 Å². The molecule has 118 valence electrons. The third kappa shape index (κ3) is 2.41. The van der Waals surface area contributed by atoms with Crippen LogP contribution in [-0.2, 0) is 16.0 Å². The Labute approximate surface area is 135 Å². The molecule has 4 nitrogen and oxygen atoms in total. The molecule has 5 heteroatoms. The van der Waals surface area contributed by atoms with Crippen LogP contribution in [0.1, 0.15) is 24.8 Å². The second-order valence-corrected chi connectivity index (χ2v) is 7.23. The molecule has 2 amide bonds. The van der Waals surface area contributed by atoms with Gasteiger partial charge in [-0.3, -0.25) is 9.59 Å². The van der Waals surface area contributed by atoms with Gasteiger partial charge in [0.2, 0.25) is 11.8 Å². The van der Waals surface area contributed by atoms with Crippen molar-refractivity contribution >= 4 is 23.6 Å². The van der Waals surface area contributed by atoms with Gasteiger partial charge in [0.05, 0.1) is 11.2 Å². The molecule has 3 atom stereocenters. The lowest BCUT2D eigenvalue weighted by molar-refractivity contribution is -0.133. The molecule has 0 aromatic heterocycles. The molecule has 2 fully saturated rings. The number of rotatable bonds is 5. The first-order chi connectivity index (χ1) is 10.6. The molecule has 2 bridgehead atoms. The highest BCUT2D eigenvalue weighted by atomic mass is 32.2. The van der Waals surface area contributed by atoms with E-state index in [0.717, 1.165) is 18.4 Å². The van der Waals surface area contributed by atoms with Crippen LogP contribution in [0.25, 0.3) is 0 Å². The van der Waals surface area contributed by atoms with Crippen LogP contribution in [0.4, 0.5) is 0 Å². The number of benzene rings is 1. The van der Waals surface area contributed by atoms with Gasteiger partial charge >= 0.3 is 0 Å². The predicted molar refractivity (Wildman–Crippen MR) is 88.4 cm³/mol. The van der Waals surface area contributed by atoms with E-state index in [4.69, 9.17) is 5.73 Å². The van der Waals surface area contributed by atoms with Crippen molar-refractivity contribution in [2.45, 2.75) is 37.8 Å². The van der Waals surface area contributed by atoms with E-state index in [2.05, 4.69) is 0 Å². The monoisotopic (exact) mass is 318 g/mol. The Bertz CT molecular complexity index is 577. The normalized spacial score (nSPS) is 29.8. The van der Waals surface area contributed by atoms with Gasteiger partial charge in [-0.15, -0.1) is 0 Å². The Balaban J connectivity index is 1.90. The maximum Gasteiger partial charge on any atom is 0.233 e. The first-order valence-corrected chi connectivity index (χ1v) is 9.12. The lowest BCUT2D eigenvalue weighted by atomic mass is 9.69. The average molecular weight is 318 g/mol. The Morgan fingerprint density at radius 3 is 2.68 bits per heavy atom. The first-order valence-electron chi connectivity index (χ1n) is 7.72. The summed E-state index contributed by atoms with van der Waals surface area (Å²) >= 11 is 1.53. The van der Waals surface area contributed by atoms with E-state index in [9.17, 15) is 9.59 Å². The van der Waals surface area contributed by atoms with E-state index in [-0.39, 0.29) is 23.9 Å². The molecule has 2 aliphatic rings. The zero-order valence-electron chi connectivity index (χ0n) is 12.8. The van der Waals surface area contributed by atoms with Crippen molar-refractivity contribution in [1.29, 1.82) is 0 Å². The van der Waals surface area contributed by atoms with Gasteiger partial charge < -0.3 is 10.6 Å². The van der Waals surface area contributed by atoms with Crippen molar-refractivity contribution in [2.24, 2.45) is 11.1 Å². The molecule has 22 heavy (non-hydrogen) atoms. The Morgan fingerprint density at radius 2 is 2.05 bits per heavy atom. The van der Waals surface area contributed by atoms with Crippen LogP contribution in [0.2, 0.25) is 0 Å². The van der Waals surface area contributed by atoms with E-state index < -0.39 is 5.41 Å². The van der Waals surface area contributed by atoms with Crippen LogP contribution in [0.5, 0.6) is 0 Å². The number of fused-ring (bicyclic) bond motifs is 2. The molecule has 3 rings (SSSR count).